The minimum Gasteiger partial charge on any atom is -0.350 e. The molecule has 5 rings (SSSR count). The van der Waals surface area contributed by atoms with E-state index in [1.807, 2.05) is 0 Å². The van der Waals surface area contributed by atoms with Crippen molar-refractivity contribution in [2.45, 2.75) is 116 Å². The minimum atomic E-state index is -0.444. The van der Waals surface area contributed by atoms with Crippen LogP contribution < -0.4 is 0 Å². The van der Waals surface area contributed by atoms with E-state index in [0.717, 1.165) is 51.4 Å². The molecule has 0 aromatic carbocycles. The normalized spacial score (nSPS) is 47.9. The first-order valence-electron chi connectivity index (χ1n) is 14.2. The Morgan fingerprint density at radius 2 is 1.79 bits per heavy atom. The summed E-state index contributed by atoms with van der Waals surface area (Å²) in [7, 11) is 0. The van der Waals surface area contributed by atoms with E-state index in [2.05, 4.69) is 39.8 Å². The second-order valence-electron chi connectivity index (χ2n) is 12.7. The standard InChI is InChI=1S/C30H46O4/c1-5-12-29(34-30(33-6-2)13-7-8-14-30)17-11-24-26-21(3)18-22-19-23(32)9-16-28(22,20-31)25(26)10-15-27(24,29)4/h5,12,20-22,24-26H,6-11,13-19H2,1-4H3/t21?,22?,24-,25+,26-,27-,28+,29?/m0/s1. The Bertz CT molecular complexity index is 828. The van der Waals surface area contributed by atoms with Gasteiger partial charge >= 0.3 is 0 Å². The van der Waals surface area contributed by atoms with Gasteiger partial charge in [-0.1, -0.05) is 26.0 Å². The number of hydrogen-bond donors (Lipinski definition) is 0. The molecule has 5 aliphatic carbocycles. The molecule has 0 bridgehead atoms. The van der Waals surface area contributed by atoms with Crippen LogP contribution in [0.3, 0.4) is 0 Å². The molecule has 34 heavy (non-hydrogen) atoms. The third-order valence-electron chi connectivity index (χ3n) is 11.4. The second kappa shape index (κ2) is 8.83. The molecule has 5 aliphatic rings. The number of rotatable bonds is 6. The zero-order chi connectivity index (χ0) is 24.2. The van der Waals surface area contributed by atoms with Crippen molar-refractivity contribution in [1.29, 1.82) is 0 Å². The van der Waals surface area contributed by atoms with Gasteiger partial charge in [0.15, 0.2) is 5.79 Å². The smallest absolute Gasteiger partial charge is 0.169 e. The van der Waals surface area contributed by atoms with E-state index in [1.165, 1.54) is 19.1 Å². The molecule has 4 heteroatoms. The summed E-state index contributed by atoms with van der Waals surface area (Å²) in [6, 6.07) is 0. The van der Waals surface area contributed by atoms with E-state index < -0.39 is 5.79 Å². The molecule has 5 fully saturated rings. The number of ether oxygens (including phenoxy) is 2. The SMILES string of the molecule is CC=CC1(OC2(OCC)CCCC2)CC[C@H]2[C@@H]3C(C)CC4CC(=O)CC[C@]4(C=O)[C@@H]3CC[C@@]21C. The fraction of sp³-hybridized carbons (Fsp3) is 0.867. The summed E-state index contributed by atoms with van der Waals surface area (Å²) in [5.41, 5.74) is -0.537. The van der Waals surface area contributed by atoms with Gasteiger partial charge in [-0.2, -0.15) is 0 Å². The summed E-state index contributed by atoms with van der Waals surface area (Å²) < 4.78 is 13.6. The molecule has 8 atom stereocenters. The monoisotopic (exact) mass is 470 g/mol. The van der Waals surface area contributed by atoms with Gasteiger partial charge in [0.2, 0.25) is 0 Å². The van der Waals surface area contributed by atoms with Crippen molar-refractivity contribution in [2.24, 2.45) is 40.4 Å². The molecule has 3 unspecified atom stereocenters. The van der Waals surface area contributed by atoms with Gasteiger partial charge < -0.3 is 14.3 Å². The Morgan fingerprint density at radius 3 is 2.47 bits per heavy atom. The van der Waals surface area contributed by atoms with Crippen molar-refractivity contribution in [1.82, 2.24) is 0 Å². The molecule has 0 aromatic rings. The van der Waals surface area contributed by atoms with Gasteiger partial charge in [-0.25, -0.2) is 0 Å². The van der Waals surface area contributed by atoms with E-state index in [9.17, 15) is 9.59 Å². The predicted molar refractivity (Wildman–Crippen MR) is 133 cm³/mol. The van der Waals surface area contributed by atoms with Crippen LogP contribution in [0.15, 0.2) is 12.2 Å². The number of fused-ring (bicyclic) bond motifs is 5. The Kier molecular flexibility index (Phi) is 6.41. The Balaban J connectivity index is 1.50. The number of ketones is 1. The average molecular weight is 471 g/mol. The lowest BCUT2D eigenvalue weighted by Gasteiger charge is -2.62. The van der Waals surface area contributed by atoms with Crippen LogP contribution in [-0.4, -0.2) is 30.1 Å². The molecule has 0 aliphatic heterocycles. The fourth-order valence-corrected chi connectivity index (χ4v) is 9.95. The molecule has 0 aromatic heterocycles. The molecular formula is C30H46O4. The highest BCUT2D eigenvalue weighted by atomic mass is 16.7. The van der Waals surface area contributed by atoms with E-state index in [1.54, 1.807) is 0 Å². The van der Waals surface area contributed by atoms with Gasteiger partial charge in [-0.15, -0.1) is 0 Å². The van der Waals surface area contributed by atoms with Crippen LogP contribution in [0, 0.1) is 40.4 Å². The topological polar surface area (TPSA) is 52.6 Å². The van der Waals surface area contributed by atoms with Crippen LogP contribution in [0.2, 0.25) is 0 Å². The molecule has 0 amide bonds. The van der Waals surface area contributed by atoms with Crippen LogP contribution in [0.4, 0.5) is 0 Å². The van der Waals surface area contributed by atoms with Gasteiger partial charge in [0.1, 0.15) is 12.1 Å². The van der Waals surface area contributed by atoms with E-state index in [0.29, 0.717) is 48.9 Å². The highest BCUT2D eigenvalue weighted by molar-refractivity contribution is 5.82. The molecular weight excluding hydrogens is 424 g/mol. The van der Waals surface area contributed by atoms with Gasteiger partial charge in [0.05, 0.1) is 5.60 Å². The quantitative estimate of drug-likeness (QED) is 0.247. The van der Waals surface area contributed by atoms with Crippen molar-refractivity contribution >= 4 is 12.1 Å². The lowest BCUT2D eigenvalue weighted by atomic mass is 9.42. The Hall–Kier alpha value is -1.00. The van der Waals surface area contributed by atoms with E-state index in [-0.39, 0.29) is 22.3 Å². The lowest BCUT2D eigenvalue weighted by Crippen LogP contribution is -2.61. The van der Waals surface area contributed by atoms with Gasteiger partial charge in [0.25, 0.3) is 0 Å². The van der Waals surface area contributed by atoms with Crippen molar-refractivity contribution in [3.05, 3.63) is 12.2 Å². The number of hydrogen-bond acceptors (Lipinski definition) is 4. The summed E-state index contributed by atoms with van der Waals surface area (Å²) in [6.45, 7) is 9.81. The lowest BCUT2D eigenvalue weighted by molar-refractivity contribution is -0.299. The highest BCUT2D eigenvalue weighted by Crippen LogP contribution is 2.70. The molecule has 0 spiro atoms. The Labute approximate surface area is 206 Å². The summed E-state index contributed by atoms with van der Waals surface area (Å²) in [5, 5.41) is 0. The number of carbonyl (C=O) groups excluding carboxylic acids is 2. The second-order valence-corrected chi connectivity index (χ2v) is 12.7. The zero-order valence-electron chi connectivity index (χ0n) is 21.9. The van der Waals surface area contributed by atoms with Gasteiger partial charge in [0, 0.05) is 43.1 Å². The Morgan fingerprint density at radius 1 is 1.06 bits per heavy atom. The molecule has 0 saturated heterocycles. The highest BCUT2D eigenvalue weighted by Gasteiger charge is 2.68. The number of aldehydes is 1. The number of carbonyl (C=O) groups is 2. The third kappa shape index (κ3) is 3.44. The van der Waals surface area contributed by atoms with Crippen LogP contribution in [-0.2, 0) is 19.1 Å². The fourth-order valence-electron chi connectivity index (χ4n) is 9.95. The van der Waals surface area contributed by atoms with Crippen LogP contribution >= 0.6 is 0 Å². The first kappa shape index (κ1) is 24.7. The maximum atomic E-state index is 12.8. The third-order valence-corrected chi connectivity index (χ3v) is 11.4. The molecule has 0 N–H and O–H groups in total. The predicted octanol–water partition coefficient (Wildman–Crippen LogP) is 6.66. The van der Waals surface area contributed by atoms with Crippen LogP contribution in [0.5, 0.6) is 0 Å². The van der Waals surface area contributed by atoms with Crippen LogP contribution in [0.1, 0.15) is 105 Å². The maximum absolute atomic E-state index is 12.8. The van der Waals surface area contributed by atoms with Crippen molar-refractivity contribution in [2.75, 3.05) is 6.61 Å². The average Bonchev–Trinajstić information content (AvgIpc) is 3.37. The summed E-state index contributed by atoms with van der Waals surface area (Å²) in [4.78, 5) is 25.1. The first-order chi connectivity index (χ1) is 16.3. The van der Waals surface area contributed by atoms with Crippen molar-refractivity contribution in [3.8, 4) is 0 Å². The van der Waals surface area contributed by atoms with Gasteiger partial charge in [-0.3, -0.25) is 4.79 Å². The van der Waals surface area contributed by atoms with Crippen molar-refractivity contribution < 1.29 is 19.1 Å². The zero-order valence-corrected chi connectivity index (χ0v) is 21.9. The first-order valence-corrected chi connectivity index (χ1v) is 14.2. The summed E-state index contributed by atoms with van der Waals surface area (Å²) in [6.07, 6.45) is 17.6. The van der Waals surface area contributed by atoms with Crippen molar-refractivity contribution in [3.63, 3.8) is 0 Å². The number of allylic oxidation sites excluding steroid dienone is 1. The van der Waals surface area contributed by atoms with Crippen LogP contribution in [0.25, 0.3) is 0 Å². The molecule has 0 radical (unpaired) electrons. The van der Waals surface area contributed by atoms with Gasteiger partial charge in [-0.05, 0) is 94.8 Å². The molecule has 0 heterocycles. The minimum absolute atomic E-state index is 0.0447. The maximum Gasteiger partial charge on any atom is 0.169 e. The van der Waals surface area contributed by atoms with E-state index >= 15 is 0 Å². The summed E-state index contributed by atoms with van der Waals surface area (Å²) in [5.74, 6) is 2.23. The molecule has 4 nitrogen and oxygen atoms in total. The van der Waals surface area contributed by atoms with E-state index in [4.69, 9.17) is 9.47 Å². The largest absolute Gasteiger partial charge is 0.350 e. The number of Topliss-reactive ketones (excluding diaryl/α,β-unsaturated/α-hetero) is 1. The summed E-state index contributed by atoms with van der Waals surface area (Å²) >= 11 is 0. The molecule has 190 valence electrons. The molecule has 5 saturated carbocycles.